The van der Waals surface area contributed by atoms with Crippen molar-refractivity contribution >= 4 is 16.0 Å². The fourth-order valence-electron chi connectivity index (χ4n) is 3.91. The number of piperazine rings is 1. The lowest BCUT2D eigenvalue weighted by Gasteiger charge is -2.36. The smallest absolute Gasteiger partial charge is 0.216 e. The summed E-state index contributed by atoms with van der Waals surface area (Å²) in [6, 6.07) is 0. The molecule has 3 aliphatic rings. The molecule has 3 rings (SSSR count). The summed E-state index contributed by atoms with van der Waals surface area (Å²) in [5.41, 5.74) is 0.488. The Balaban J connectivity index is 1.51. The summed E-state index contributed by atoms with van der Waals surface area (Å²) >= 11 is 0. The van der Waals surface area contributed by atoms with Crippen LogP contribution in [0.25, 0.3) is 0 Å². The van der Waals surface area contributed by atoms with Gasteiger partial charge in [-0.15, -0.1) is 0 Å². The zero-order valence-corrected chi connectivity index (χ0v) is 17.9. The largest absolute Gasteiger partial charge is 0.378 e. The molecule has 0 spiro atoms. The van der Waals surface area contributed by atoms with Gasteiger partial charge in [-0.1, -0.05) is 0 Å². The highest BCUT2D eigenvalue weighted by Gasteiger charge is 2.53. The van der Waals surface area contributed by atoms with Gasteiger partial charge in [0.25, 0.3) is 0 Å². The van der Waals surface area contributed by atoms with E-state index >= 15 is 0 Å². The van der Waals surface area contributed by atoms with E-state index < -0.39 is 10.0 Å². The minimum absolute atomic E-state index is 0.0568. The van der Waals surface area contributed by atoms with Gasteiger partial charge in [0, 0.05) is 39.3 Å². The van der Waals surface area contributed by atoms with E-state index in [2.05, 4.69) is 17.1 Å². The fraction of sp³-hybridized carbons (Fsp3) is 0.947. The van der Waals surface area contributed by atoms with Crippen molar-refractivity contribution in [2.24, 2.45) is 16.3 Å². The van der Waals surface area contributed by atoms with Gasteiger partial charge in [-0.3, -0.25) is 4.99 Å². The van der Waals surface area contributed by atoms with Gasteiger partial charge >= 0.3 is 0 Å². The van der Waals surface area contributed by atoms with Crippen molar-refractivity contribution in [3.05, 3.63) is 0 Å². The number of rotatable bonds is 9. The molecule has 2 aliphatic carbocycles. The summed E-state index contributed by atoms with van der Waals surface area (Å²) in [6.45, 7) is 10.3. The van der Waals surface area contributed by atoms with E-state index in [4.69, 9.17) is 9.73 Å². The normalized spacial score (nSPS) is 23.7. The maximum Gasteiger partial charge on any atom is 0.216 e. The highest BCUT2D eigenvalue weighted by molar-refractivity contribution is 7.89. The molecule has 0 bridgehead atoms. The van der Waals surface area contributed by atoms with Crippen LogP contribution in [0.1, 0.15) is 46.5 Å². The summed E-state index contributed by atoms with van der Waals surface area (Å²) in [5, 5.41) is 3.40. The van der Waals surface area contributed by atoms with Crippen LogP contribution in [-0.4, -0.2) is 81.3 Å². The first-order chi connectivity index (χ1) is 12.9. The van der Waals surface area contributed by atoms with Crippen LogP contribution >= 0.6 is 0 Å². The Kier molecular flexibility index (Phi) is 6.69. The molecule has 3 fully saturated rings. The molecule has 7 nitrogen and oxygen atoms in total. The summed E-state index contributed by atoms with van der Waals surface area (Å²) < 4.78 is 32.0. The van der Waals surface area contributed by atoms with Crippen LogP contribution in [0.4, 0.5) is 0 Å². The summed E-state index contributed by atoms with van der Waals surface area (Å²) in [6.07, 6.45) is 5.46. The molecular weight excluding hydrogens is 364 g/mol. The number of nitrogens with zero attached hydrogens (tertiary/aromatic N) is 3. The minimum atomic E-state index is -3.25. The Hall–Kier alpha value is -0.860. The third-order valence-corrected chi connectivity index (χ3v) is 7.77. The van der Waals surface area contributed by atoms with Gasteiger partial charge in [0.2, 0.25) is 10.0 Å². The molecule has 0 amide bonds. The Morgan fingerprint density at radius 1 is 1.22 bits per heavy atom. The maximum atomic E-state index is 12.5. The molecule has 0 aromatic carbocycles. The molecule has 0 radical (unpaired) electrons. The third kappa shape index (κ3) is 5.57. The highest BCUT2D eigenvalue weighted by Crippen LogP contribution is 2.61. The molecule has 8 heteroatoms. The van der Waals surface area contributed by atoms with Gasteiger partial charge in [-0.2, -0.15) is 4.31 Å². The van der Waals surface area contributed by atoms with Gasteiger partial charge in [0.1, 0.15) is 0 Å². The number of ether oxygens (including phenoxy) is 1. The van der Waals surface area contributed by atoms with Crippen LogP contribution in [0.2, 0.25) is 0 Å². The van der Waals surface area contributed by atoms with Crippen molar-refractivity contribution < 1.29 is 13.2 Å². The maximum absolute atomic E-state index is 12.5. The van der Waals surface area contributed by atoms with Gasteiger partial charge in [-0.25, -0.2) is 8.42 Å². The highest BCUT2D eigenvalue weighted by atomic mass is 32.2. The summed E-state index contributed by atoms with van der Waals surface area (Å²) in [7, 11) is -3.25. The van der Waals surface area contributed by atoms with E-state index in [0.717, 1.165) is 25.0 Å². The van der Waals surface area contributed by atoms with Crippen LogP contribution < -0.4 is 5.32 Å². The second-order valence-electron chi connectivity index (χ2n) is 8.43. The molecule has 2 saturated carbocycles. The van der Waals surface area contributed by atoms with E-state index in [1.807, 2.05) is 13.8 Å². The zero-order chi connectivity index (χ0) is 19.5. The van der Waals surface area contributed by atoms with Crippen LogP contribution in [0.15, 0.2) is 4.99 Å². The van der Waals surface area contributed by atoms with Crippen LogP contribution in [0.5, 0.6) is 0 Å². The molecule has 1 heterocycles. The van der Waals surface area contributed by atoms with E-state index in [9.17, 15) is 8.42 Å². The molecule has 1 aliphatic heterocycles. The molecule has 0 atom stereocenters. The van der Waals surface area contributed by atoms with Crippen molar-refractivity contribution in [1.29, 1.82) is 0 Å². The van der Waals surface area contributed by atoms with E-state index in [1.165, 1.54) is 25.7 Å². The third-order valence-electron chi connectivity index (χ3n) is 5.94. The first-order valence-electron chi connectivity index (χ1n) is 10.5. The van der Waals surface area contributed by atoms with Gasteiger partial charge in [-0.05, 0) is 57.8 Å². The van der Waals surface area contributed by atoms with Crippen LogP contribution in [0.3, 0.4) is 0 Å². The molecule has 156 valence electrons. The molecule has 0 aromatic rings. The van der Waals surface area contributed by atoms with Crippen LogP contribution in [-0.2, 0) is 14.8 Å². The molecule has 0 unspecified atom stereocenters. The lowest BCUT2D eigenvalue weighted by molar-refractivity contribution is 0.0904. The standard InChI is InChI=1S/C19H36N4O3S/c1-4-20-18(21-15-19(7-8-19)17-5-6-17)22-9-11-23(12-10-22)27(24,25)14-13-26-16(2)3/h16-17H,4-15H2,1-3H3,(H,20,21). The van der Waals surface area contributed by atoms with Gasteiger partial charge in [0.15, 0.2) is 5.96 Å². The van der Waals surface area contributed by atoms with Crippen molar-refractivity contribution in [3.8, 4) is 0 Å². The lowest BCUT2D eigenvalue weighted by atomic mass is 10.0. The Morgan fingerprint density at radius 2 is 1.89 bits per heavy atom. The average molecular weight is 401 g/mol. The lowest BCUT2D eigenvalue weighted by Crippen LogP contribution is -2.54. The molecule has 27 heavy (non-hydrogen) atoms. The average Bonchev–Trinajstić information content (AvgIpc) is 3.52. The predicted octanol–water partition coefficient (Wildman–Crippen LogP) is 1.51. The number of nitrogens with one attached hydrogen (secondary N) is 1. The van der Waals surface area contributed by atoms with E-state index in [0.29, 0.717) is 31.6 Å². The van der Waals surface area contributed by atoms with Gasteiger partial charge < -0.3 is 15.0 Å². The number of aliphatic imine (C=N–C) groups is 1. The summed E-state index contributed by atoms with van der Waals surface area (Å²) in [5.74, 6) is 1.91. The van der Waals surface area contributed by atoms with E-state index in [1.54, 1.807) is 4.31 Å². The topological polar surface area (TPSA) is 74.2 Å². The van der Waals surface area contributed by atoms with Gasteiger partial charge in [0.05, 0.1) is 18.5 Å². The molecule has 1 saturated heterocycles. The van der Waals surface area contributed by atoms with E-state index in [-0.39, 0.29) is 18.5 Å². The zero-order valence-electron chi connectivity index (χ0n) is 17.1. The van der Waals surface area contributed by atoms with Crippen molar-refractivity contribution in [3.63, 3.8) is 0 Å². The number of hydrogen-bond donors (Lipinski definition) is 1. The number of sulfonamides is 1. The Labute approximate surface area is 164 Å². The van der Waals surface area contributed by atoms with Crippen molar-refractivity contribution in [2.75, 3.05) is 51.6 Å². The Bertz CT molecular complexity index is 619. The second-order valence-corrected chi connectivity index (χ2v) is 10.5. The fourth-order valence-corrected chi connectivity index (χ4v) is 5.19. The quantitative estimate of drug-likeness (QED) is 0.469. The first-order valence-corrected chi connectivity index (χ1v) is 12.1. The Morgan fingerprint density at radius 3 is 2.41 bits per heavy atom. The van der Waals surface area contributed by atoms with Crippen molar-refractivity contribution in [2.45, 2.75) is 52.6 Å². The molecule has 1 N–H and O–H groups in total. The number of hydrogen-bond acceptors (Lipinski definition) is 4. The monoisotopic (exact) mass is 400 g/mol. The van der Waals surface area contributed by atoms with Crippen molar-refractivity contribution in [1.82, 2.24) is 14.5 Å². The second kappa shape index (κ2) is 8.66. The minimum Gasteiger partial charge on any atom is -0.378 e. The first kappa shape index (κ1) is 20.9. The SMILES string of the molecule is CCNC(=NCC1(C2CC2)CC1)N1CCN(S(=O)(=O)CCOC(C)C)CC1. The number of guanidine groups is 1. The molecule has 0 aromatic heterocycles. The summed E-state index contributed by atoms with van der Waals surface area (Å²) in [4.78, 5) is 7.14. The predicted molar refractivity (Wildman–Crippen MR) is 108 cm³/mol. The van der Waals surface area contributed by atoms with Crippen LogP contribution in [0, 0.1) is 11.3 Å². The molecular formula is C19H36N4O3S.